The number of anilines is 1. The minimum Gasteiger partial charge on any atom is -0.497 e. The molecular weight excluding hydrogens is 412 g/mol. The first-order chi connectivity index (χ1) is 12.6. The van der Waals surface area contributed by atoms with Crippen molar-refractivity contribution in [3.05, 3.63) is 52.6 Å². The Kier molecular flexibility index (Phi) is 5.61. The normalized spacial score (nSPS) is 12.8. The molecule has 28 heavy (non-hydrogen) atoms. The highest BCUT2D eigenvalue weighted by atomic mass is 32.2. The van der Waals surface area contributed by atoms with Crippen molar-refractivity contribution >= 4 is 15.7 Å². The lowest BCUT2D eigenvalue weighted by atomic mass is 10.1. The van der Waals surface area contributed by atoms with E-state index in [1.807, 2.05) is 4.72 Å². The number of hydrogen-bond acceptors (Lipinski definition) is 3. The van der Waals surface area contributed by atoms with E-state index in [9.17, 15) is 34.8 Å². The summed E-state index contributed by atoms with van der Waals surface area (Å²) in [6.45, 7) is 2.86. The Morgan fingerprint density at radius 3 is 1.61 bits per heavy atom. The van der Waals surface area contributed by atoms with Crippen LogP contribution in [0.2, 0.25) is 0 Å². The van der Waals surface area contributed by atoms with E-state index in [1.54, 1.807) is 0 Å². The number of halogens is 6. The summed E-state index contributed by atoms with van der Waals surface area (Å²) in [5, 5.41) is 0. The van der Waals surface area contributed by atoms with E-state index in [4.69, 9.17) is 4.74 Å². The highest BCUT2D eigenvalue weighted by molar-refractivity contribution is 7.92. The van der Waals surface area contributed by atoms with Crippen molar-refractivity contribution < 1.29 is 39.5 Å². The van der Waals surface area contributed by atoms with Crippen LogP contribution in [0.25, 0.3) is 0 Å². The topological polar surface area (TPSA) is 55.4 Å². The summed E-state index contributed by atoms with van der Waals surface area (Å²) >= 11 is 0. The summed E-state index contributed by atoms with van der Waals surface area (Å²) in [7, 11) is -3.10. The molecule has 0 amide bonds. The zero-order valence-corrected chi connectivity index (χ0v) is 15.6. The van der Waals surface area contributed by atoms with Crippen molar-refractivity contribution in [2.24, 2.45) is 0 Å². The van der Waals surface area contributed by atoms with Crippen molar-refractivity contribution in [2.75, 3.05) is 11.8 Å². The lowest BCUT2D eigenvalue weighted by Crippen LogP contribution is -2.18. The Labute approximate surface area is 157 Å². The monoisotopic (exact) mass is 427 g/mol. The summed E-state index contributed by atoms with van der Waals surface area (Å²) in [4.78, 5) is -0.265. The molecule has 2 rings (SSSR count). The standard InChI is InChI=1S/C17H15F6NO3S/c1-9-4-14(27-3)5-10(2)15(9)28(25,26)24-13-7-11(16(18,19)20)6-12(8-13)17(21,22)23/h4-8,24H,1-3H3. The van der Waals surface area contributed by atoms with Crippen molar-refractivity contribution in [1.82, 2.24) is 0 Å². The van der Waals surface area contributed by atoms with Gasteiger partial charge in [0.2, 0.25) is 0 Å². The second-order valence-electron chi connectivity index (χ2n) is 5.99. The molecule has 0 aromatic heterocycles. The van der Waals surface area contributed by atoms with Gasteiger partial charge in [0.05, 0.1) is 28.8 Å². The molecule has 2 aromatic rings. The molecule has 2 aromatic carbocycles. The fourth-order valence-corrected chi connectivity index (χ4v) is 4.17. The quantitative estimate of drug-likeness (QED) is 0.687. The van der Waals surface area contributed by atoms with Crippen LogP contribution in [0.15, 0.2) is 35.2 Å². The molecule has 4 nitrogen and oxygen atoms in total. The van der Waals surface area contributed by atoms with E-state index in [-0.39, 0.29) is 22.1 Å². The molecule has 0 atom stereocenters. The van der Waals surface area contributed by atoms with E-state index in [1.165, 1.54) is 33.1 Å². The molecule has 0 aliphatic rings. The molecule has 0 bridgehead atoms. The number of hydrogen-bond donors (Lipinski definition) is 1. The van der Waals surface area contributed by atoms with Gasteiger partial charge in [-0.25, -0.2) is 8.42 Å². The average molecular weight is 427 g/mol. The van der Waals surface area contributed by atoms with Gasteiger partial charge in [-0.05, 0) is 55.3 Å². The number of nitrogens with one attached hydrogen (secondary N) is 1. The van der Waals surface area contributed by atoms with E-state index in [0.29, 0.717) is 17.9 Å². The van der Waals surface area contributed by atoms with Crippen LogP contribution in [-0.2, 0) is 22.4 Å². The van der Waals surface area contributed by atoms with E-state index >= 15 is 0 Å². The Morgan fingerprint density at radius 1 is 0.821 bits per heavy atom. The number of sulfonamides is 1. The van der Waals surface area contributed by atoms with Crippen LogP contribution < -0.4 is 9.46 Å². The van der Waals surface area contributed by atoms with Gasteiger partial charge in [-0.2, -0.15) is 26.3 Å². The second kappa shape index (κ2) is 7.19. The average Bonchev–Trinajstić information content (AvgIpc) is 2.51. The fraction of sp³-hybridized carbons (Fsp3) is 0.294. The van der Waals surface area contributed by atoms with Crippen LogP contribution >= 0.6 is 0 Å². The van der Waals surface area contributed by atoms with Crippen LogP contribution in [0.4, 0.5) is 32.0 Å². The molecule has 0 aliphatic heterocycles. The number of alkyl halides is 6. The number of methoxy groups -OCH3 is 1. The van der Waals surface area contributed by atoms with Gasteiger partial charge >= 0.3 is 12.4 Å². The summed E-state index contributed by atoms with van der Waals surface area (Å²) in [6, 6.07) is 3.30. The summed E-state index contributed by atoms with van der Waals surface area (Å²) in [6.07, 6.45) is -10.2. The predicted molar refractivity (Wildman–Crippen MR) is 89.7 cm³/mol. The highest BCUT2D eigenvalue weighted by Crippen LogP contribution is 2.38. The number of benzene rings is 2. The minimum absolute atomic E-state index is 0.0817. The maximum absolute atomic E-state index is 12.9. The van der Waals surface area contributed by atoms with Crippen LogP contribution in [-0.4, -0.2) is 15.5 Å². The Bertz CT molecular complexity index is 942. The van der Waals surface area contributed by atoms with Gasteiger partial charge in [-0.15, -0.1) is 0 Å². The van der Waals surface area contributed by atoms with E-state index in [2.05, 4.69) is 0 Å². The first-order valence-corrected chi connectivity index (χ1v) is 9.11. The van der Waals surface area contributed by atoms with Gasteiger partial charge in [0.1, 0.15) is 5.75 Å². The maximum atomic E-state index is 12.9. The largest absolute Gasteiger partial charge is 0.497 e. The smallest absolute Gasteiger partial charge is 0.416 e. The summed E-state index contributed by atoms with van der Waals surface area (Å²) in [5.74, 6) is 0.354. The number of rotatable bonds is 4. The molecule has 11 heteroatoms. The molecule has 0 fully saturated rings. The summed E-state index contributed by atoms with van der Waals surface area (Å²) < 4.78 is 110. The second-order valence-corrected chi connectivity index (χ2v) is 7.61. The Hall–Kier alpha value is -2.43. The molecule has 0 saturated carbocycles. The van der Waals surface area contributed by atoms with Crippen LogP contribution in [0, 0.1) is 13.8 Å². The molecule has 0 saturated heterocycles. The molecular formula is C17H15F6NO3S. The molecule has 0 unspecified atom stereocenters. The Balaban J connectivity index is 2.58. The number of ether oxygens (including phenoxy) is 1. The first kappa shape index (κ1) is 21.9. The molecule has 0 aliphatic carbocycles. The van der Waals surface area contributed by atoms with Gasteiger partial charge in [0, 0.05) is 0 Å². The zero-order valence-electron chi connectivity index (χ0n) is 14.8. The SMILES string of the molecule is COc1cc(C)c(S(=O)(=O)Nc2cc(C(F)(F)F)cc(C(F)(F)F)c2)c(C)c1. The van der Waals surface area contributed by atoms with Crippen LogP contribution in [0.3, 0.4) is 0 Å². The van der Waals surface area contributed by atoms with E-state index in [0.717, 1.165) is 0 Å². The van der Waals surface area contributed by atoms with Gasteiger partial charge in [0.25, 0.3) is 10.0 Å². The molecule has 154 valence electrons. The van der Waals surface area contributed by atoms with Crippen molar-refractivity contribution in [3.63, 3.8) is 0 Å². The van der Waals surface area contributed by atoms with Gasteiger partial charge < -0.3 is 4.74 Å². The summed E-state index contributed by atoms with van der Waals surface area (Å²) in [5.41, 5.74) is -3.66. The molecule has 1 N–H and O–H groups in total. The van der Waals surface area contributed by atoms with Crippen molar-refractivity contribution in [1.29, 1.82) is 0 Å². The highest BCUT2D eigenvalue weighted by Gasteiger charge is 2.37. The van der Waals surface area contributed by atoms with Crippen molar-refractivity contribution in [2.45, 2.75) is 31.1 Å². The fourth-order valence-electron chi connectivity index (χ4n) is 2.67. The molecule has 0 heterocycles. The van der Waals surface area contributed by atoms with Gasteiger partial charge in [0.15, 0.2) is 0 Å². The number of aryl methyl sites for hydroxylation is 2. The third-order valence-corrected chi connectivity index (χ3v) is 5.46. The van der Waals surface area contributed by atoms with Gasteiger partial charge in [-0.3, -0.25) is 4.72 Å². The van der Waals surface area contributed by atoms with Gasteiger partial charge in [-0.1, -0.05) is 0 Å². The van der Waals surface area contributed by atoms with Crippen molar-refractivity contribution in [3.8, 4) is 5.75 Å². The third-order valence-electron chi connectivity index (χ3n) is 3.78. The molecule has 0 spiro atoms. The molecule has 0 radical (unpaired) electrons. The maximum Gasteiger partial charge on any atom is 0.416 e. The lowest BCUT2D eigenvalue weighted by Gasteiger charge is -2.17. The minimum atomic E-state index is -5.09. The Morgan fingerprint density at radius 2 is 1.25 bits per heavy atom. The lowest BCUT2D eigenvalue weighted by molar-refractivity contribution is -0.143. The van der Waals surface area contributed by atoms with Crippen LogP contribution in [0.1, 0.15) is 22.3 Å². The third kappa shape index (κ3) is 4.70. The van der Waals surface area contributed by atoms with E-state index < -0.39 is 39.2 Å². The van der Waals surface area contributed by atoms with Crippen LogP contribution in [0.5, 0.6) is 5.75 Å². The zero-order chi connectivity index (χ0) is 21.5. The predicted octanol–water partition coefficient (Wildman–Crippen LogP) is 5.15. The first-order valence-electron chi connectivity index (χ1n) is 7.62.